The number of aromatic nitrogens is 3. The maximum atomic E-state index is 11.1. The van der Waals surface area contributed by atoms with E-state index in [1.807, 2.05) is 19.1 Å². The molecule has 4 N–H and O–H groups in total. The van der Waals surface area contributed by atoms with Crippen LogP contribution in [0.3, 0.4) is 0 Å². The molecule has 0 radical (unpaired) electrons. The lowest BCUT2D eigenvalue weighted by atomic mass is 10.1. The van der Waals surface area contributed by atoms with Crippen molar-refractivity contribution in [2.75, 3.05) is 10.7 Å². The van der Waals surface area contributed by atoms with Crippen molar-refractivity contribution in [3.63, 3.8) is 0 Å². The molecule has 0 aliphatic rings. The maximum absolute atomic E-state index is 11.1. The molecule has 0 saturated carbocycles. The summed E-state index contributed by atoms with van der Waals surface area (Å²) in [4.78, 5) is 22.4. The van der Waals surface area contributed by atoms with Crippen LogP contribution in [-0.4, -0.2) is 19.9 Å². The number of hydrogen-bond donors (Lipinski definition) is 3. The molecule has 2 heterocycles. The molecule has 9 nitrogen and oxygen atoms in total. The molecule has 0 amide bonds. The van der Waals surface area contributed by atoms with Gasteiger partial charge in [-0.2, -0.15) is 0 Å². The van der Waals surface area contributed by atoms with E-state index >= 15 is 0 Å². The number of nitrogens with two attached hydrogens (primary N) is 1. The summed E-state index contributed by atoms with van der Waals surface area (Å²) in [6, 6.07) is 3.82. The summed E-state index contributed by atoms with van der Waals surface area (Å²) in [5.74, 6) is 5.27. The first-order chi connectivity index (χ1) is 10.2. The number of anilines is 2. The van der Waals surface area contributed by atoms with Crippen LogP contribution in [0.25, 0.3) is 0 Å². The number of nitrogens with one attached hydrogen (secondary N) is 2. The summed E-state index contributed by atoms with van der Waals surface area (Å²) in [5.41, 5.74) is 3.78. The van der Waals surface area contributed by atoms with Gasteiger partial charge in [0.05, 0.1) is 17.2 Å². The zero-order chi connectivity index (χ0) is 15.2. The number of nitrogens with zero attached hydrogens (tertiary/aromatic N) is 4. The largest absolute Gasteiger partial charge is 0.359 e. The highest BCUT2D eigenvalue weighted by molar-refractivity contribution is 5.68. The second kappa shape index (κ2) is 6.57. The van der Waals surface area contributed by atoms with Crippen molar-refractivity contribution < 1.29 is 4.92 Å². The molecule has 21 heavy (non-hydrogen) atoms. The predicted molar refractivity (Wildman–Crippen MR) is 77.4 cm³/mol. The summed E-state index contributed by atoms with van der Waals surface area (Å²) in [7, 11) is 0. The van der Waals surface area contributed by atoms with E-state index in [2.05, 4.69) is 25.7 Å². The van der Waals surface area contributed by atoms with Gasteiger partial charge in [-0.3, -0.25) is 15.1 Å². The highest BCUT2D eigenvalue weighted by Crippen LogP contribution is 2.28. The summed E-state index contributed by atoms with van der Waals surface area (Å²) >= 11 is 0. The summed E-state index contributed by atoms with van der Waals surface area (Å²) in [6.45, 7) is 2.34. The monoisotopic (exact) mass is 289 g/mol. The lowest BCUT2D eigenvalue weighted by Gasteiger charge is -2.09. The molecule has 0 aliphatic carbocycles. The van der Waals surface area contributed by atoms with Crippen LogP contribution in [0.2, 0.25) is 0 Å². The van der Waals surface area contributed by atoms with Gasteiger partial charge in [0.25, 0.3) is 0 Å². The Bertz CT molecular complexity index is 647. The molecular weight excluding hydrogens is 274 g/mol. The van der Waals surface area contributed by atoms with Crippen LogP contribution in [0.1, 0.15) is 18.2 Å². The molecule has 2 aromatic heterocycles. The summed E-state index contributed by atoms with van der Waals surface area (Å²) in [5, 5.41) is 14.0. The van der Waals surface area contributed by atoms with Gasteiger partial charge in [0, 0.05) is 6.20 Å². The Balaban J connectivity index is 2.26. The third kappa shape index (κ3) is 3.20. The number of aryl methyl sites for hydroxylation is 1. The molecule has 0 saturated heterocycles. The zero-order valence-electron chi connectivity index (χ0n) is 11.4. The van der Waals surface area contributed by atoms with E-state index in [0.29, 0.717) is 6.54 Å². The third-order valence-electron chi connectivity index (χ3n) is 2.93. The molecule has 0 atom stereocenters. The Hall–Kier alpha value is -2.81. The molecule has 2 aromatic rings. The average molecular weight is 289 g/mol. The minimum Gasteiger partial charge on any atom is -0.359 e. The minimum atomic E-state index is -0.587. The van der Waals surface area contributed by atoms with Crippen molar-refractivity contribution in [2.45, 2.75) is 19.9 Å². The van der Waals surface area contributed by atoms with Gasteiger partial charge in [-0.15, -0.1) is 0 Å². The molecule has 110 valence electrons. The van der Waals surface area contributed by atoms with E-state index in [1.165, 1.54) is 6.33 Å². The predicted octanol–water partition coefficient (Wildman–Crippen LogP) is 1.24. The van der Waals surface area contributed by atoms with Crippen LogP contribution in [0.15, 0.2) is 24.7 Å². The van der Waals surface area contributed by atoms with Gasteiger partial charge >= 0.3 is 5.69 Å². The highest BCUT2D eigenvalue weighted by Gasteiger charge is 2.22. The first-order valence-electron chi connectivity index (χ1n) is 6.30. The number of pyridine rings is 1. The van der Waals surface area contributed by atoms with Crippen molar-refractivity contribution in [3.8, 4) is 0 Å². The first kappa shape index (κ1) is 14.6. The second-order valence-electron chi connectivity index (χ2n) is 4.14. The smallest absolute Gasteiger partial charge is 0.354 e. The fourth-order valence-electron chi connectivity index (χ4n) is 1.91. The van der Waals surface area contributed by atoms with Crippen molar-refractivity contribution in [3.05, 3.63) is 46.0 Å². The molecule has 0 fully saturated rings. The van der Waals surface area contributed by atoms with Gasteiger partial charge in [0.15, 0.2) is 0 Å². The van der Waals surface area contributed by atoms with Gasteiger partial charge in [-0.1, -0.05) is 13.0 Å². The van der Waals surface area contributed by atoms with E-state index in [9.17, 15) is 10.1 Å². The van der Waals surface area contributed by atoms with E-state index < -0.39 is 4.92 Å². The minimum absolute atomic E-state index is 0.0470. The SMILES string of the molecule is CCc1cccnc1CNc1ncnc(NN)c1[N+](=O)[O-]. The normalized spacial score (nSPS) is 10.2. The summed E-state index contributed by atoms with van der Waals surface area (Å²) in [6.07, 6.45) is 3.70. The maximum Gasteiger partial charge on any atom is 0.354 e. The van der Waals surface area contributed by atoms with Crippen LogP contribution in [0.5, 0.6) is 0 Å². The Kier molecular flexibility index (Phi) is 4.57. The second-order valence-corrected chi connectivity index (χ2v) is 4.14. The molecule has 9 heteroatoms. The van der Waals surface area contributed by atoms with Crippen molar-refractivity contribution in [1.82, 2.24) is 15.0 Å². The molecule has 0 spiro atoms. The highest BCUT2D eigenvalue weighted by atomic mass is 16.6. The number of rotatable bonds is 6. The zero-order valence-corrected chi connectivity index (χ0v) is 11.4. The quantitative estimate of drug-likeness (QED) is 0.411. The lowest BCUT2D eigenvalue weighted by Crippen LogP contribution is -2.14. The standard InChI is InChI=1S/C12H15N7O2/c1-2-8-4-3-5-14-9(8)6-15-11-10(19(20)21)12(18-13)17-7-16-11/h3-5,7H,2,6,13H2,1H3,(H2,15,16,17,18). The van der Waals surface area contributed by atoms with Gasteiger partial charge in [-0.25, -0.2) is 15.8 Å². The van der Waals surface area contributed by atoms with Gasteiger partial charge in [0.2, 0.25) is 11.6 Å². The fourth-order valence-corrected chi connectivity index (χ4v) is 1.91. The third-order valence-corrected chi connectivity index (χ3v) is 2.93. The van der Waals surface area contributed by atoms with Gasteiger partial charge in [0.1, 0.15) is 6.33 Å². The molecule has 0 bridgehead atoms. The first-order valence-corrected chi connectivity index (χ1v) is 6.30. The van der Waals surface area contributed by atoms with E-state index in [-0.39, 0.29) is 17.3 Å². The Morgan fingerprint density at radius 3 is 2.76 bits per heavy atom. The molecule has 0 aromatic carbocycles. The van der Waals surface area contributed by atoms with Crippen LogP contribution in [-0.2, 0) is 13.0 Å². The van der Waals surface area contributed by atoms with Crippen LogP contribution in [0, 0.1) is 10.1 Å². The number of hydrazine groups is 1. The van der Waals surface area contributed by atoms with Crippen molar-refractivity contribution in [2.24, 2.45) is 5.84 Å². The fraction of sp³-hybridized carbons (Fsp3) is 0.250. The van der Waals surface area contributed by atoms with E-state index in [1.54, 1.807) is 6.20 Å². The average Bonchev–Trinajstić information content (AvgIpc) is 2.52. The number of nitrogen functional groups attached to an aromatic ring is 1. The molecule has 0 unspecified atom stereocenters. The van der Waals surface area contributed by atoms with Crippen LogP contribution >= 0.6 is 0 Å². The molecular formula is C12H15N7O2. The number of nitro groups is 1. The Morgan fingerprint density at radius 2 is 2.10 bits per heavy atom. The van der Waals surface area contributed by atoms with Gasteiger partial charge < -0.3 is 10.7 Å². The topological polar surface area (TPSA) is 132 Å². The molecule has 0 aliphatic heterocycles. The number of hydrogen-bond acceptors (Lipinski definition) is 8. The van der Waals surface area contributed by atoms with Crippen molar-refractivity contribution in [1.29, 1.82) is 0 Å². The van der Waals surface area contributed by atoms with E-state index in [4.69, 9.17) is 5.84 Å². The van der Waals surface area contributed by atoms with Gasteiger partial charge in [-0.05, 0) is 18.1 Å². The van der Waals surface area contributed by atoms with Crippen LogP contribution < -0.4 is 16.6 Å². The summed E-state index contributed by atoms with van der Waals surface area (Å²) < 4.78 is 0. The lowest BCUT2D eigenvalue weighted by molar-refractivity contribution is -0.383. The van der Waals surface area contributed by atoms with E-state index in [0.717, 1.165) is 17.7 Å². The van der Waals surface area contributed by atoms with Crippen LogP contribution in [0.4, 0.5) is 17.3 Å². The Morgan fingerprint density at radius 1 is 1.33 bits per heavy atom. The molecule has 2 rings (SSSR count). The van der Waals surface area contributed by atoms with Crippen molar-refractivity contribution >= 4 is 17.3 Å². The Labute approximate surface area is 120 Å².